The minimum atomic E-state index is -0.0162. The Balaban J connectivity index is 1.84. The summed E-state index contributed by atoms with van der Waals surface area (Å²) in [5.41, 5.74) is 8.59. The Morgan fingerprint density at radius 3 is 2.47 bits per heavy atom. The van der Waals surface area contributed by atoms with Gasteiger partial charge in [0, 0.05) is 17.8 Å². The molecule has 3 rings (SSSR count). The highest BCUT2D eigenvalue weighted by molar-refractivity contribution is 5.80. The van der Waals surface area contributed by atoms with Crippen LogP contribution < -0.4 is 10.6 Å². The van der Waals surface area contributed by atoms with Gasteiger partial charge in [0.05, 0.1) is 12.9 Å². The van der Waals surface area contributed by atoms with Crippen LogP contribution in [0.1, 0.15) is 18.4 Å². The third-order valence-corrected chi connectivity index (χ3v) is 3.25. The monoisotopic (exact) mass is 201 g/mol. The Kier molecular flexibility index (Phi) is 1.83. The second kappa shape index (κ2) is 3.07. The molecule has 3 heteroatoms. The molecular weight excluding hydrogens is 186 g/mol. The molecule has 15 heavy (non-hydrogen) atoms. The van der Waals surface area contributed by atoms with Gasteiger partial charge in [-0.25, -0.2) is 0 Å². The first-order valence-electron chi connectivity index (χ1n) is 5.44. The van der Waals surface area contributed by atoms with E-state index in [4.69, 9.17) is 5.73 Å². The van der Waals surface area contributed by atoms with E-state index in [0.717, 1.165) is 25.9 Å². The van der Waals surface area contributed by atoms with Crippen molar-refractivity contribution >= 4 is 12.0 Å². The molecule has 2 N–H and O–H groups in total. The lowest BCUT2D eigenvalue weighted by atomic mass is 10.1. The SMILES string of the molecule is NC1(c2ccc(N3C=NCC3)cc2)CC1. The molecule has 0 amide bonds. The molecule has 1 aliphatic carbocycles. The van der Waals surface area contributed by atoms with E-state index < -0.39 is 0 Å². The highest BCUT2D eigenvalue weighted by Crippen LogP contribution is 2.42. The summed E-state index contributed by atoms with van der Waals surface area (Å²) in [4.78, 5) is 6.37. The summed E-state index contributed by atoms with van der Waals surface area (Å²) in [5, 5.41) is 0. The number of rotatable bonds is 2. The lowest BCUT2D eigenvalue weighted by molar-refractivity contribution is 0.740. The van der Waals surface area contributed by atoms with Crippen LogP contribution in [0.4, 0.5) is 5.69 Å². The highest BCUT2D eigenvalue weighted by Gasteiger charge is 2.39. The van der Waals surface area contributed by atoms with E-state index in [2.05, 4.69) is 34.2 Å². The van der Waals surface area contributed by atoms with Crippen LogP contribution in [-0.4, -0.2) is 19.4 Å². The predicted octanol–water partition coefficient (Wildman–Crippen LogP) is 1.48. The van der Waals surface area contributed by atoms with Crippen LogP contribution in [0, 0.1) is 0 Å². The molecule has 3 nitrogen and oxygen atoms in total. The fourth-order valence-electron chi connectivity index (χ4n) is 1.98. The number of benzene rings is 1. The molecule has 78 valence electrons. The van der Waals surface area contributed by atoms with E-state index in [1.165, 1.54) is 11.3 Å². The maximum absolute atomic E-state index is 6.13. The van der Waals surface area contributed by atoms with Gasteiger partial charge in [-0.2, -0.15) is 0 Å². The Morgan fingerprint density at radius 2 is 1.93 bits per heavy atom. The summed E-state index contributed by atoms with van der Waals surface area (Å²) in [6.07, 6.45) is 4.15. The summed E-state index contributed by atoms with van der Waals surface area (Å²) in [5.74, 6) is 0. The van der Waals surface area contributed by atoms with Crippen LogP contribution in [-0.2, 0) is 5.54 Å². The molecule has 0 aromatic heterocycles. The van der Waals surface area contributed by atoms with Crippen LogP contribution in [0.2, 0.25) is 0 Å². The number of hydrogen-bond acceptors (Lipinski definition) is 3. The predicted molar refractivity (Wildman–Crippen MR) is 62.2 cm³/mol. The average Bonchev–Trinajstić information content (AvgIpc) is 2.84. The van der Waals surface area contributed by atoms with E-state index in [1.54, 1.807) is 0 Å². The molecule has 1 aromatic rings. The molecule has 2 aliphatic rings. The van der Waals surface area contributed by atoms with Gasteiger partial charge >= 0.3 is 0 Å². The zero-order valence-corrected chi connectivity index (χ0v) is 8.69. The Labute approximate surface area is 89.6 Å². The normalized spacial score (nSPS) is 22.1. The zero-order valence-electron chi connectivity index (χ0n) is 8.69. The maximum atomic E-state index is 6.13. The topological polar surface area (TPSA) is 41.6 Å². The minimum absolute atomic E-state index is 0.0162. The Bertz CT molecular complexity index is 390. The third kappa shape index (κ3) is 1.53. The quantitative estimate of drug-likeness (QED) is 0.787. The Morgan fingerprint density at radius 1 is 1.20 bits per heavy atom. The minimum Gasteiger partial charge on any atom is -0.331 e. The van der Waals surface area contributed by atoms with E-state index >= 15 is 0 Å². The number of hydrogen-bond donors (Lipinski definition) is 1. The molecule has 1 aliphatic heterocycles. The molecule has 1 aromatic carbocycles. The van der Waals surface area contributed by atoms with Gasteiger partial charge in [-0.15, -0.1) is 0 Å². The zero-order chi connectivity index (χ0) is 10.3. The molecule has 0 spiro atoms. The summed E-state index contributed by atoms with van der Waals surface area (Å²) in [6, 6.07) is 8.57. The summed E-state index contributed by atoms with van der Waals surface area (Å²) < 4.78 is 0. The van der Waals surface area contributed by atoms with Gasteiger partial charge in [0.1, 0.15) is 0 Å². The van der Waals surface area contributed by atoms with E-state index in [9.17, 15) is 0 Å². The fraction of sp³-hybridized carbons (Fsp3) is 0.417. The van der Waals surface area contributed by atoms with Crippen molar-refractivity contribution in [2.24, 2.45) is 10.7 Å². The first-order chi connectivity index (χ1) is 7.28. The molecule has 0 saturated heterocycles. The van der Waals surface area contributed by atoms with Crippen molar-refractivity contribution < 1.29 is 0 Å². The van der Waals surface area contributed by atoms with Gasteiger partial charge in [0.15, 0.2) is 0 Å². The summed E-state index contributed by atoms with van der Waals surface area (Å²) in [6.45, 7) is 1.90. The van der Waals surface area contributed by atoms with Crippen LogP contribution in [0.3, 0.4) is 0 Å². The van der Waals surface area contributed by atoms with Gasteiger partial charge in [-0.05, 0) is 30.5 Å². The lowest BCUT2D eigenvalue weighted by Gasteiger charge is -2.15. The van der Waals surface area contributed by atoms with Crippen molar-refractivity contribution in [3.63, 3.8) is 0 Å². The van der Waals surface area contributed by atoms with Crippen molar-refractivity contribution in [2.45, 2.75) is 18.4 Å². The molecule has 0 atom stereocenters. The van der Waals surface area contributed by atoms with Crippen LogP contribution in [0.25, 0.3) is 0 Å². The average molecular weight is 201 g/mol. The van der Waals surface area contributed by atoms with E-state index in [1.807, 2.05) is 6.34 Å². The molecule has 1 heterocycles. The van der Waals surface area contributed by atoms with Crippen molar-refractivity contribution in [3.05, 3.63) is 29.8 Å². The fourth-order valence-corrected chi connectivity index (χ4v) is 1.98. The number of nitrogens with zero attached hydrogens (tertiary/aromatic N) is 2. The molecular formula is C12H15N3. The van der Waals surface area contributed by atoms with Crippen molar-refractivity contribution in [2.75, 3.05) is 18.0 Å². The smallest absolute Gasteiger partial charge is 0.0895 e. The first kappa shape index (κ1) is 8.92. The van der Waals surface area contributed by atoms with Crippen LogP contribution in [0.15, 0.2) is 29.3 Å². The molecule has 0 bridgehead atoms. The first-order valence-corrected chi connectivity index (χ1v) is 5.44. The molecule has 1 fully saturated rings. The molecule has 1 saturated carbocycles. The molecule has 0 radical (unpaired) electrons. The second-order valence-corrected chi connectivity index (χ2v) is 4.42. The summed E-state index contributed by atoms with van der Waals surface area (Å²) in [7, 11) is 0. The van der Waals surface area contributed by atoms with Crippen LogP contribution in [0.5, 0.6) is 0 Å². The summed E-state index contributed by atoms with van der Waals surface area (Å²) >= 11 is 0. The van der Waals surface area contributed by atoms with Gasteiger partial charge in [-0.3, -0.25) is 4.99 Å². The number of aliphatic imine (C=N–C) groups is 1. The van der Waals surface area contributed by atoms with Crippen molar-refractivity contribution in [3.8, 4) is 0 Å². The van der Waals surface area contributed by atoms with Gasteiger partial charge in [0.2, 0.25) is 0 Å². The van der Waals surface area contributed by atoms with Crippen molar-refractivity contribution in [1.29, 1.82) is 0 Å². The van der Waals surface area contributed by atoms with Crippen LogP contribution >= 0.6 is 0 Å². The third-order valence-electron chi connectivity index (χ3n) is 3.25. The number of nitrogens with two attached hydrogens (primary N) is 1. The lowest BCUT2D eigenvalue weighted by Crippen LogP contribution is -2.20. The maximum Gasteiger partial charge on any atom is 0.0895 e. The van der Waals surface area contributed by atoms with Gasteiger partial charge in [-0.1, -0.05) is 12.1 Å². The van der Waals surface area contributed by atoms with Gasteiger partial charge in [0.25, 0.3) is 0 Å². The van der Waals surface area contributed by atoms with E-state index in [0.29, 0.717) is 0 Å². The Hall–Kier alpha value is -1.35. The largest absolute Gasteiger partial charge is 0.331 e. The van der Waals surface area contributed by atoms with E-state index in [-0.39, 0.29) is 5.54 Å². The standard InChI is InChI=1S/C12H15N3/c13-12(5-6-12)10-1-3-11(4-2-10)15-8-7-14-9-15/h1-4,9H,5-8,13H2. The second-order valence-electron chi connectivity index (χ2n) is 4.42. The molecule has 0 unspecified atom stereocenters. The highest BCUT2D eigenvalue weighted by atomic mass is 15.2. The van der Waals surface area contributed by atoms with Crippen molar-refractivity contribution in [1.82, 2.24) is 0 Å². The van der Waals surface area contributed by atoms with Gasteiger partial charge < -0.3 is 10.6 Å². The number of anilines is 1.